The van der Waals surface area contributed by atoms with E-state index in [-0.39, 0.29) is 5.91 Å². The summed E-state index contributed by atoms with van der Waals surface area (Å²) >= 11 is 0. The first-order valence-electron chi connectivity index (χ1n) is 9.70. The summed E-state index contributed by atoms with van der Waals surface area (Å²) in [4.78, 5) is 12.6. The van der Waals surface area contributed by atoms with E-state index < -0.39 is 0 Å². The third-order valence-corrected chi connectivity index (χ3v) is 4.09. The fourth-order valence-electron chi connectivity index (χ4n) is 2.63. The monoisotopic (exact) mass is 403 g/mol. The molecule has 0 spiro atoms. The van der Waals surface area contributed by atoms with Crippen molar-refractivity contribution in [3.63, 3.8) is 0 Å². The highest BCUT2D eigenvalue weighted by atomic mass is 16.5. The van der Waals surface area contributed by atoms with Crippen LogP contribution in [0.4, 0.5) is 5.69 Å². The Kier molecular flexibility index (Phi) is 7.50. The number of carbonyl (C=O) groups excluding carboxylic acids is 1. The molecular weight excluding hydrogens is 378 g/mol. The molecule has 0 aromatic heterocycles. The van der Waals surface area contributed by atoms with E-state index >= 15 is 0 Å². The highest BCUT2D eigenvalue weighted by Crippen LogP contribution is 2.25. The Hall–Kier alpha value is -3.73. The fourth-order valence-corrected chi connectivity index (χ4v) is 2.63. The summed E-state index contributed by atoms with van der Waals surface area (Å²) in [5.74, 6) is 1.84. The number of para-hydroxylation sites is 3. The number of hydrogen-bond donors (Lipinski definition) is 1. The van der Waals surface area contributed by atoms with Gasteiger partial charge in [0, 0.05) is 5.56 Å². The molecule has 3 rings (SSSR count). The largest absolute Gasteiger partial charge is 0.490 e. The number of rotatable bonds is 10. The second kappa shape index (κ2) is 10.7. The third kappa shape index (κ3) is 6.41. The van der Waals surface area contributed by atoms with E-state index in [1.807, 2.05) is 55.5 Å². The topological polar surface area (TPSA) is 56.8 Å². The Labute approximate surface area is 176 Å². The summed E-state index contributed by atoms with van der Waals surface area (Å²) in [5, 5.41) is 2.90. The smallest absolute Gasteiger partial charge is 0.255 e. The van der Waals surface area contributed by atoms with Crippen molar-refractivity contribution in [1.29, 1.82) is 0 Å². The van der Waals surface area contributed by atoms with E-state index in [0.29, 0.717) is 42.6 Å². The number of ether oxygens (including phenoxy) is 3. The fraction of sp³-hybridized carbons (Fsp3) is 0.160. The second-order valence-electron chi connectivity index (χ2n) is 6.73. The minimum absolute atomic E-state index is 0.224. The summed E-state index contributed by atoms with van der Waals surface area (Å²) < 4.78 is 17.0. The van der Waals surface area contributed by atoms with Gasteiger partial charge in [-0.2, -0.15) is 0 Å². The van der Waals surface area contributed by atoms with E-state index in [1.54, 1.807) is 30.3 Å². The van der Waals surface area contributed by atoms with Gasteiger partial charge in [0.15, 0.2) is 0 Å². The first kappa shape index (κ1) is 21.0. The number of benzene rings is 3. The Balaban J connectivity index is 1.54. The van der Waals surface area contributed by atoms with Crippen molar-refractivity contribution in [1.82, 2.24) is 0 Å². The number of hydrogen-bond acceptors (Lipinski definition) is 4. The average Bonchev–Trinajstić information content (AvgIpc) is 2.77. The molecule has 0 aliphatic heterocycles. The van der Waals surface area contributed by atoms with Gasteiger partial charge in [0.05, 0.1) is 5.69 Å². The minimum atomic E-state index is -0.224. The zero-order valence-electron chi connectivity index (χ0n) is 17.0. The highest BCUT2D eigenvalue weighted by molar-refractivity contribution is 6.05. The molecule has 0 fully saturated rings. The summed E-state index contributed by atoms with van der Waals surface area (Å²) in [6, 6.07) is 23.8. The molecule has 0 atom stereocenters. The van der Waals surface area contributed by atoms with Crippen molar-refractivity contribution in [2.24, 2.45) is 0 Å². The van der Waals surface area contributed by atoms with Crippen LogP contribution >= 0.6 is 0 Å². The maximum Gasteiger partial charge on any atom is 0.255 e. The van der Waals surface area contributed by atoms with Gasteiger partial charge in [-0.1, -0.05) is 36.9 Å². The molecule has 5 nitrogen and oxygen atoms in total. The van der Waals surface area contributed by atoms with Crippen LogP contribution in [0.2, 0.25) is 0 Å². The van der Waals surface area contributed by atoms with Crippen LogP contribution in [0.3, 0.4) is 0 Å². The molecule has 1 amide bonds. The van der Waals surface area contributed by atoms with Gasteiger partial charge in [-0.15, -0.1) is 0 Å². The first-order valence-corrected chi connectivity index (χ1v) is 9.70. The molecule has 0 heterocycles. The standard InChI is InChI=1S/C25H25NO4/c1-19(2)18-30-22-14-12-20(13-15-22)25(27)26-23-10-6-7-11-24(23)29-17-16-28-21-8-4-3-5-9-21/h3-15H,1,16-18H2,2H3,(H,26,27). The Morgan fingerprint density at radius 1 is 0.800 bits per heavy atom. The van der Waals surface area contributed by atoms with Crippen molar-refractivity contribution < 1.29 is 19.0 Å². The molecule has 0 aliphatic carbocycles. The van der Waals surface area contributed by atoms with Crippen molar-refractivity contribution in [3.05, 3.63) is 96.6 Å². The van der Waals surface area contributed by atoms with Gasteiger partial charge in [0.2, 0.25) is 0 Å². The van der Waals surface area contributed by atoms with Gasteiger partial charge >= 0.3 is 0 Å². The van der Waals surface area contributed by atoms with Crippen molar-refractivity contribution >= 4 is 11.6 Å². The molecule has 0 saturated heterocycles. The summed E-state index contributed by atoms with van der Waals surface area (Å²) in [6.07, 6.45) is 0. The van der Waals surface area contributed by atoms with E-state index in [0.717, 1.165) is 11.3 Å². The lowest BCUT2D eigenvalue weighted by molar-refractivity contribution is 0.102. The van der Waals surface area contributed by atoms with Gasteiger partial charge in [-0.25, -0.2) is 0 Å². The molecule has 30 heavy (non-hydrogen) atoms. The van der Waals surface area contributed by atoms with E-state index in [1.165, 1.54) is 0 Å². The molecule has 3 aromatic carbocycles. The van der Waals surface area contributed by atoms with Crippen LogP contribution in [0.1, 0.15) is 17.3 Å². The molecule has 0 bridgehead atoms. The molecule has 1 N–H and O–H groups in total. The van der Waals surface area contributed by atoms with E-state index in [4.69, 9.17) is 14.2 Å². The average molecular weight is 403 g/mol. The number of amides is 1. The van der Waals surface area contributed by atoms with Crippen molar-refractivity contribution in [2.75, 3.05) is 25.1 Å². The van der Waals surface area contributed by atoms with Crippen molar-refractivity contribution in [2.45, 2.75) is 6.92 Å². The minimum Gasteiger partial charge on any atom is -0.490 e. The number of anilines is 1. The van der Waals surface area contributed by atoms with Gasteiger partial charge < -0.3 is 19.5 Å². The molecule has 5 heteroatoms. The predicted octanol–water partition coefficient (Wildman–Crippen LogP) is 5.35. The number of carbonyl (C=O) groups is 1. The van der Waals surface area contributed by atoms with Gasteiger partial charge in [0.25, 0.3) is 5.91 Å². The van der Waals surface area contributed by atoms with Crippen LogP contribution in [0.25, 0.3) is 0 Å². The Morgan fingerprint density at radius 2 is 1.43 bits per heavy atom. The lowest BCUT2D eigenvalue weighted by Gasteiger charge is -2.13. The first-order chi connectivity index (χ1) is 14.6. The zero-order chi connectivity index (χ0) is 21.2. The molecule has 0 unspecified atom stereocenters. The third-order valence-electron chi connectivity index (χ3n) is 4.09. The number of nitrogens with one attached hydrogen (secondary N) is 1. The van der Waals surface area contributed by atoms with Crippen molar-refractivity contribution in [3.8, 4) is 17.2 Å². The summed E-state index contributed by atoms with van der Waals surface area (Å²) in [6.45, 7) is 6.91. The maximum atomic E-state index is 12.6. The molecule has 0 aliphatic rings. The van der Waals surface area contributed by atoms with Crippen LogP contribution in [0, 0.1) is 0 Å². The van der Waals surface area contributed by atoms with E-state index in [9.17, 15) is 4.79 Å². The van der Waals surface area contributed by atoms with Crippen LogP contribution in [-0.2, 0) is 0 Å². The van der Waals surface area contributed by atoms with Crippen LogP contribution in [0.5, 0.6) is 17.2 Å². The predicted molar refractivity (Wildman–Crippen MR) is 119 cm³/mol. The molecule has 3 aromatic rings. The van der Waals surface area contributed by atoms with Gasteiger partial charge in [-0.05, 0) is 61.0 Å². The zero-order valence-corrected chi connectivity index (χ0v) is 17.0. The second-order valence-corrected chi connectivity index (χ2v) is 6.73. The lowest BCUT2D eigenvalue weighted by Crippen LogP contribution is -2.14. The Morgan fingerprint density at radius 3 is 2.17 bits per heavy atom. The molecular formula is C25H25NO4. The van der Waals surface area contributed by atoms with Crippen LogP contribution in [0.15, 0.2) is 91.0 Å². The summed E-state index contributed by atoms with van der Waals surface area (Å²) in [5.41, 5.74) is 2.06. The maximum absolute atomic E-state index is 12.6. The van der Waals surface area contributed by atoms with Gasteiger partial charge in [0.1, 0.15) is 37.1 Å². The SMILES string of the molecule is C=C(C)COc1ccc(C(=O)Nc2ccccc2OCCOc2ccccc2)cc1. The molecule has 0 radical (unpaired) electrons. The van der Waals surface area contributed by atoms with E-state index in [2.05, 4.69) is 11.9 Å². The molecule has 154 valence electrons. The quantitative estimate of drug-likeness (QED) is 0.366. The normalized spacial score (nSPS) is 10.2. The van der Waals surface area contributed by atoms with Gasteiger partial charge in [-0.3, -0.25) is 4.79 Å². The highest BCUT2D eigenvalue weighted by Gasteiger charge is 2.10. The molecule has 0 saturated carbocycles. The van der Waals surface area contributed by atoms with Crippen LogP contribution in [-0.4, -0.2) is 25.7 Å². The lowest BCUT2D eigenvalue weighted by atomic mass is 10.2. The van der Waals surface area contributed by atoms with Crippen LogP contribution < -0.4 is 19.5 Å². The summed E-state index contributed by atoms with van der Waals surface area (Å²) in [7, 11) is 0. The Bertz CT molecular complexity index is 968.